The molecule has 2 aromatic rings. The molecule has 0 saturated heterocycles. The summed E-state index contributed by atoms with van der Waals surface area (Å²) in [6, 6.07) is 9.78. The van der Waals surface area contributed by atoms with Crippen LogP contribution in [0.5, 0.6) is 5.75 Å². The maximum absolute atomic E-state index is 5.68. The van der Waals surface area contributed by atoms with E-state index in [1.807, 2.05) is 35.3 Å². The third-order valence-electron chi connectivity index (χ3n) is 2.98. The number of methoxy groups -OCH3 is 1. The van der Waals surface area contributed by atoms with Crippen molar-refractivity contribution in [2.75, 3.05) is 18.7 Å². The molecule has 0 unspecified atom stereocenters. The van der Waals surface area contributed by atoms with Crippen LogP contribution in [-0.2, 0) is 0 Å². The Bertz CT molecular complexity index is 623. The summed E-state index contributed by atoms with van der Waals surface area (Å²) in [4.78, 5) is 4.57. The normalized spacial score (nSPS) is 14.9. The maximum atomic E-state index is 5.68. The molecule has 2 N–H and O–H groups in total. The predicted molar refractivity (Wildman–Crippen MR) is 71.9 cm³/mol. The van der Waals surface area contributed by atoms with Gasteiger partial charge in [0, 0.05) is 11.8 Å². The van der Waals surface area contributed by atoms with Gasteiger partial charge in [0.2, 0.25) is 0 Å². The van der Waals surface area contributed by atoms with E-state index >= 15 is 0 Å². The summed E-state index contributed by atoms with van der Waals surface area (Å²) in [5.74, 6) is 2.32. The monoisotopic (exact) mass is 242 g/mol. The molecule has 0 spiro atoms. The van der Waals surface area contributed by atoms with E-state index < -0.39 is 0 Å². The molecular formula is C13H14N4O. The second kappa shape index (κ2) is 4.18. The van der Waals surface area contributed by atoms with Crippen LogP contribution in [0, 0.1) is 0 Å². The average molecular weight is 242 g/mol. The molecule has 0 atom stereocenters. The van der Waals surface area contributed by atoms with Crippen LogP contribution in [0.25, 0.3) is 10.9 Å². The number of nitrogens with zero attached hydrogens (tertiary/aromatic N) is 3. The molecule has 1 aromatic carbocycles. The molecule has 0 saturated carbocycles. The molecule has 18 heavy (non-hydrogen) atoms. The number of aromatic nitrogens is 1. The molecule has 1 aliphatic rings. The quantitative estimate of drug-likeness (QED) is 0.871. The van der Waals surface area contributed by atoms with Crippen molar-refractivity contribution in [3.63, 3.8) is 0 Å². The number of pyridine rings is 1. The largest absolute Gasteiger partial charge is 0.497 e. The van der Waals surface area contributed by atoms with Gasteiger partial charge in [-0.25, -0.2) is 9.99 Å². The first-order valence-corrected chi connectivity index (χ1v) is 5.81. The predicted octanol–water partition coefficient (Wildman–Crippen LogP) is 1.73. The van der Waals surface area contributed by atoms with Gasteiger partial charge in [-0.2, -0.15) is 5.10 Å². The summed E-state index contributed by atoms with van der Waals surface area (Å²) in [6.45, 7) is 0.792. The first-order chi connectivity index (χ1) is 8.76. The minimum atomic E-state index is 0.659. The molecule has 1 aliphatic heterocycles. The van der Waals surface area contributed by atoms with Crippen LogP contribution in [0.2, 0.25) is 0 Å². The Morgan fingerprint density at radius 1 is 1.28 bits per heavy atom. The molecule has 92 valence electrons. The number of amidine groups is 1. The van der Waals surface area contributed by atoms with Gasteiger partial charge in [-0.05, 0) is 30.3 Å². The summed E-state index contributed by atoms with van der Waals surface area (Å²) in [7, 11) is 1.66. The first kappa shape index (κ1) is 10.8. The highest BCUT2D eigenvalue weighted by Crippen LogP contribution is 2.23. The first-order valence-electron chi connectivity index (χ1n) is 5.81. The van der Waals surface area contributed by atoms with Crippen molar-refractivity contribution in [2.45, 2.75) is 6.42 Å². The minimum absolute atomic E-state index is 0.659. The van der Waals surface area contributed by atoms with Crippen LogP contribution in [0.1, 0.15) is 6.42 Å². The number of hydrazone groups is 1. The number of anilines is 1. The second-order valence-corrected chi connectivity index (χ2v) is 4.19. The number of rotatable bonds is 2. The van der Waals surface area contributed by atoms with Gasteiger partial charge in [-0.15, -0.1) is 0 Å². The third kappa shape index (κ3) is 1.84. The number of benzene rings is 1. The molecule has 3 rings (SSSR count). The zero-order chi connectivity index (χ0) is 12.5. The highest BCUT2D eigenvalue weighted by atomic mass is 16.5. The average Bonchev–Trinajstić information content (AvgIpc) is 2.84. The summed E-state index contributed by atoms with van der Waals surface area (Å²) in [6.07, 6.45) is 0.794. The van der Waals surface area contributed by atoms with E-state index in [0.717, 1.165) is 35.4 Å². The van der Waals surface area contributed by atoms with Crippen LogP contribution < -0.4 is 15.5 Å². The van der Waals surface area contributed by atoms with Crippen LogP contribution in [0.15, 0.2) is 35.4 Å². The number of ether oxygens (including phenoxy) is 1. The number of fused-ring (bicyclic) bond motifs is 1. The van der Waals surface area contributed by atoms with Gasteiger partial charge >= 0.3 is 0 Å². The Balaban J connectivity index is 2.01. The van der Waals surface area contributed by atoms with E-state index in [9.17, 15) is 0 Å². The fourth-order valence-electron chi connectivity index (χ4n) is 2.00. The smallest absolute Gasteiger partial charge is 0.149 e. The SMILES string of the molecule is COc1ccc2nc(N3CCC(N)=N3)ccc2c1. The van der Waals surface area contributed by atoms with Crippen LogP contribution >= 0.6 is 0 Å². The molecule has 2 heterocycles. The van der Waals surface area contributed by atoms with Crippen molar-refractivity contribution in [1.29, 1.82) is 0 Å². The second-order valence-electron chi connectivity index (χ2n) is 4.19. The van der Waals surface area contributed by atoms with Crippen molar-refractivity contribution >= 4 is 22.6 Å². The molecule has 0 bridgehead atoms. The lowest BCUT2D eigenvalue weighted by atomic mass is 10.2. The zero-order valence-corrected chi connectivity index (χ0v) is 10.1. The van der Waals surface area contributed by atoms with Crippen LogP contribution in [0.4, 0.5) is 5.82 Å². The van der Waals surface area contributed by atoms with E-state index in [1.54, 1.807) is 7.11 Å². The van der Waals surface area contributed by atoms with Gasteiger partial charge in [0.1, 0.15) is 17.4 Å². The Hall–Kier alpha value is -2.30. The van der Waals surface area contributed by atoms with Gasteiger partial charge in [0.25, 0.3) is 0 Å². The van der Waals surface area contributed by atoms with Gasteiger partial charge < -0.3 is 10.5 Å². The van der Waals surface area contributed by atoms with E-state index in [2.05, 4.69) is 10.1 Å². The lowest BCUT2D eigenvalue weighted by Crippen LogP contribution is -2.13. The Kier molecular flexibility index (Phi) is 2.51. The topological polar surface area (TPSA) is 63.7 Å². The van der Waals surface area contributed by atoms with Gasteiger partial charge in [-0.1, -0.05) is 0 Å². The molecular weight excluding hydrogens is 228 g/mol. The molecule has 1 aromatic heterocycles. The maximum Gasteiger partial charge on any atom is 0.149 e. The molecule has 5 nitrogen and oxygen atoms in total. The van der Waals surface area contributed by atoms with E-state index in [-0.39, 0.29) is 0 Å². The Labute approximate surface area is 105 Å². The van der Waals surface area contributed by atoms with E-state index in [1.165, 1.54) is 0 Å². The van der Waals surface area contributed by atoms with Crippen LogP contribution in [-0.4, -0.2) is 24.5 Å². The van der Waals surface area contributed by atoms with Crippen molar-refractivity contribution in [3.05, 3.63) is 30.3 Å². The summed E-state index contributed by atoms with van der Waals surface area (Å²) in [5, 5.41) is 7.12. The fourth-order valence-corrected chi connectivity index (χ4v) is 2.00. The number of nitrogens with two attached hydrogens (primary N) is 1. The van der Waals surface area contributed by atoms with E-state index in [4.69, 9.17) is 10.5 Å². The van der Waals surface area contributed by atoms with Crippen molar-refractivity contribution < 1.29 is 4.74 Å². The van der Waals surface area contributed by atoms with Crippen molar-refractivity contribution in [2.24, 2.45) is 10.8 Å². The zero-order valence-electron chi connectivity index (χ0n) is 10.1. The fraction of sp³-hybridized carbons (Fsp3) is 0.231. The molecule has 0 radical (unpaired) electrons. The summed E-state index contributed by atoms with van der Waals surface area (Å²) < 4.78 is 5.19. The Morgan fingerprint density at radius 3 is 2.89 bits per heavy atom. The highest BCUT2D eigenvalue weighted by molar-refractivity contribution is 5.85. The van der Waals surface area contributed by atoms with Gasteiger partial charge in [0.05, 0.1) is 19.2 Å². The summed E-state index contributed by atoms with van der Waals surface area (Å²) in [5.41, 5.74) is 6.60. The highest BCUT2D eigenvalue weighted by Gasteiger charge is 2.14. The number of hydrogen-bond donors (Lipinski definition) is 1. The van der Waals surface area contributed by atoms with E-state index in [0.29, 0.717) is 5.84 Å². The minimum Gasteiger partial charge on any atom is -0.497 e. The third-order valence-corrected chi connectivity index (χ3v) is 2.98. The van der Waals surface area contributed by atoms with Crippen molar-refractivity contribution in [1.82, 2.24) is 4.98 Å². The molecule has 0 fully saturated rings. The van der Waals surface area contributed by atoms with Gasteiger partial charge in [0.15, 0.2) is 0 Å². The van der Waals surface area contributed by atoms with Crippen LogP contribution in [0.3, 0.4) is 0 Å². The number of hydrogen-bond acceptors (Lipinski definition) is 5. The molecule has 0 aliphatic carbocycles. The Morgan fingerprint density at radius 2 is 2.17 bits per heavy atom. The lowest BCUT2D eigenvalue weighted by molar-refractivity contribution is 0.415. The molecule has 0 amide bonds. The molecule has 5 heteroatoms. The summed E-state index contributed by atoms with van der Waals surface area (Å²) >= 11 is 0. The lowest BCUT2D eigenvalue weighted by Gasteiger charge is -2.12. The standard InChI is InChI=1S/C13H14N4O/c1-18-10-3-4-11-9(8-10)2-5-13(15-11)17-7-6-12(14)16-17/h2-5,8H,6-7H2,1H3,(H2,14,16). The van der Waals surface area contributed by atoms with Crippen molar-refractivity contribution in [3.8, 4) is 5.75 Å². The van der Waals surface area contributed by atoms with Gasteiger partial charge in [-0.3, -0.25) is 0 Å².